The summed E-state index contributed by atoms with van der Waals surface area (Å²) in [6.07, 6.45) is 4.27. The van der Waals surface area contributed by atoms with Crippen LogP contribution < -0.4 is 15.4 Å². The Morgan fingerprint density at radius 2 is 1.94 bits per heavy atom. The van der Waals surface area contributed by atoms with Crippen molar-refractivity contribution in [3.8, 4) is 5.75 Å². The van der Waals surface area contributed by atoms with E-state index in [1.807, 2.05) is 12.1 Å². The zero-order chi connectivity index (χ0) is 22.6. The van der Waals surface area contributed by atoms with Crippen LogP contribution in [0.5, 0.6) is 5.75 Å². The Labute approximate surface area is 192 Å². The Morgan fingerprint density at radius 3 is 2.62 bits per heavy atom. The molecule has 2 aliphatic heterocycles. The largest absolute Gasteiger partial charge is 0.487 e. The highest BCUT2D eigenvalue weighted by Crippen LogP contribution is 2.39. The Morgan fingerprint density at radius 1 is 1.19 bits per heavy atom. The number of nitrogens with zero attached hydrogens (tertiary/aromatic N) is 3. The van der Waals surface area contributed by atoms with Crippen molar-refractivity contribution in [2.75, 3.05) is 45.8 Å². The van der Waals surface area contributed by atoms with E-state index in [4.69, 9.17) is 9.73 Å². The van der Waals surface area contributed by atoms with Crippen molar-refractivity contribution in [1.29, 1.82) is 0 Å². The van der Waals surface area contributed by atoms with Crippen molar-refractivity contribution in [3.63, 3.8) is 0 Å². The number of aliphatic imine (C=N–C) groups is 1. The van der Waals surface area contributed by atoms with E-state index in [1.165, 1.54) is 12.0 Å². The molecule has 1 unspecified atom stereocenters. The summed E-state index contributed by atoms with van der Waals surface area (Å²) in [6.45, 7) is 12.4. The van der Waals surface area contributed by atoms with Crippen LogP contribution in [-0.2, 0) is 4.79 Å². The summed E-state index contributed by atoms with van der Waals surface area (Å²) in [7, 11) is 0. The van der Waals surface area contributed by atoms with Crippen molar-refractivity contribution in [2.45, 2.75) is 58.1 Å². The summed E-state index contributed by atoms with van der Waals surface area (Å²) >= 11 is 0. The second-order valence-electron chi connectivity index (χ2n) is 9.86. The number of rotatable bonds is 6. The number of carbonyl (C=O) groups is 1. The number of amides is 1. The second kappa shape index (κ2) is 10.1. The van der Waals surface area contributed by atoms with Crippen molar-refractivity contribution in [2.24, 2.45) is 10.9 Å². The summed E-state index contributed by atoms with van der Waals surface area (Å²) in [5, 5.41) is 7.04. The predicted octanol–water partition coefficient (Wildman–Crippen LogP) is 2.79. The molecule has 2 heterocycles. The highest BCUT2D eigenvalue weighted by molar-refractivity contribution is 5.80. The van der Waals surface area contributed by atoms with Gasteiger partial charge in [0.2, 0.25) is 5.91 Å². The lowest BCUT2D eigenvalue weighted by Crippen LogP contribution is -2.51. The smallest absolute Gasteiger partial charge is 0.225 e. The number of carbonyl (C=O) groups excluding carboxylic acids is 1. The lowest BCUT2D eigenvalue weighted by molar-refractivity contribution is -0.139. The van der Waals surface area contributed by atoms with Gasteiger partial charge in [0, 0.05) is 57.2 Å². The average Bonchev–Trinajstić information content (AvgIpc) is 2.72. The minimum Gasteiger partial charge on any atom is -0.487 e. The van der Waals surface area contributed by atoms with E-state index in [0.29, 0.717) is 11.8 Å². The van der Waals surface area contributed by atoms with E-state index >= 15 is 0 Å². The maximum absolute atomic E-state index is 12.4. The lowest BCUT2D eigenvalue weighted by Gasteiger charge is -2.38. The van der Waals surface area contributed by atoms with Gasteiger partial charge >= 0.3 is 0 Å². The van der Waals surface area contributed by atoms with Crippen LogP contribution >= 0.6 is 0 Å². The fourth-order valence-corrected chi connectivity index (χ4v) is 4.82. The molecule has 1 saturated carbocycles. The summed E-state index contributed by atoms with van der Waals surface area (Å²) in [5.41, 5.74) is 0.963. The van der Waals surface area contributed by atoms with Gasteiger partial charge in [-0.05, 0) is 39.7 Å². The minimum absolute atomic E-state index is 0.161. The maximum atomic E-state index is 12.4. The van der Waals surface area contributed by atoms with Crippen LogP contribution in [0.15, 0.2) is 29.3 Å². The van der Waals surface area contributed by atoms with Crippen molar-refractivity contribution in [3.05, 3.63) is 29.8 Å². The molecule has 0 spiro atoms. The van der Waals surface area contributed by atoms with Crippen LogP contribution in [0.3, 0.4) is 0 Å². The van der Waals surface area contributed by atoms with Gasteiger partial charge in [-0.25, -0.2) is 0 Å². The minimum atomic E-state index is -0.222. The molecular weight excluding hydrogens is 402 g/mol. The summed E-state index contributed by atoms with van der Waals surface area (Å²) in [4.78, 5) is 21.8. The average molecular weight is 442 g/mol. The molecule has 2 N–H and O–H groups in total. The Balaban J connectivity index is 1.30. The normalized spacial score (nSPS) is 23.7. The summed E-state index contributed by atoms with van der Waals surface area (Å²) in [5.74, 6) is 2.49. The number of benzene rings is 1. The first-order valence-electron chi connectivity index (χ1n) is 12.3. The van der Waals surface area contributed by atoms with Gasteiger partial charge in [-0.1, -0.05) is 24.6 Å². The number of guanidine groups is 1. The van der Waals surface area contributed by atoms with Crippen molar-refractivity contribution in [1.82, 2.24) is 20.4 Å². The number of nitrogens with one attached hydrogen (secondary N) is 2. The fourth-order valence-electron chi connectivity index (χ4n) is 4.82. The molecule has 1 aromatic rings. The second-order valence-corrected chi connectivity index (χ2v) is 9.86. The van der Waals surface area contributed by atoms with Crippen LogP contribution in [0.4, 0.5) is 0 Å². The Hall–Kier alpha value is -2.28. The van der Waals surface area contributed by atoms with E-state index < -0.39 is 0 Å². The van der Waals surface area contributed by atoms with Crippen LogP contribution in [0.2, 0.25) is 0 Å². The standard InChI is InChI=1S/C25H39N5O2/c1-4-26-24(28-21-18-25(2,3)32-22-11-6-5-10-20(21)22)27-12-13-29-14-16-30(17-15-29)23(31)19-8-7-9-19/h5-6,10-11,19,21H,4,7-9,12-18H2,1-3H3,(H2,26,27,28). The monoisotopic (exact) mass is 441 g/mol. The van der Waals surface area contributed by atoms with Crippen LogP contribution in [0, 0.1) is 5.92 Å². The molecule has 2 fully saturated rings. The topological polar surface area (TPSA) is 69.2 Å². The van der Waals surface area contributed by atoms with Crippen LogP contribution in [0.1, 0.15) is 58.1 Å². The molecule has 0 aromatic heterocycles. The van der Waals surface area contributed by atoms with Gasteiger partial charge < -0.3 is 20.3 Å². The molecule has 32 heavy (non-hydrogen) atoms. The third kappa shape index (κ3) is 5.55. The lowest BCUT2D eigenvalue weighted by atomic mass is 9.84. The first-order valence-corrected chi connectivity index (χ1v) is 12.3. The number of ether oxygens (including phenoxy) is 1. The first kappa shape index (κ1) is 22.9. The fraction of sp³-hybridized carbons (Fsp3) is 0.680. The summed E-state index contributed by atoms with van der Waals surface area (Å²) < 4.78 is 6.17. The number of hydrogen-bond acceptors (Lipinski definition) is 4. The van der Waals surface area contributed by atoms with Crippen LogP contribution in [-0.4, -0.2) is 73.1 Å². The molecule has 176 valence electrons. The molecule has 4 rings (SSSR count). The molecule has 7 heteroatoms. The molecule has 1 aliphatic carbocycles. The number of hydrogen-bond donors (Lipinski definition) is 2. The number of fused-ring (bicyclic) bond motifs is 1. The highest BCUT2D eigenvalue weighted by atomic mass is 16.5. The van der Waals surface area contributed by atoms with Crippen molar-refractivity contribution >= 4 is 11.9 Å². The zero-order valence-electron chi connectivity index (χ0n) is 19.9. The van der Waals surface area contributed by atoms with Crippen LogP contribution in [0.25, 0.3) is 0 Å². The molecule has 3 aliphatic rings. The van der Waals surface area contributed by atoms with Gasteiger partial charge in [0.15, 0.2) is 5.96 Å². The molecule has 7 nitrogen and oxygen atoms in total. The first-order chi connectivity index (χ1) is 15.4. The zero-order valence-corrected chi connectivity index (χ0v) is 19.9. The summed E-state index contributed by atoms with van der Waals surface area (Å²) in [6, 6.07) is 8.43. The third-order valence-corrected chi connectivity index (χ3v) is 6.86. The molecule has 0 bridgehead atoms. The Kier molecular flexibility index (Phi) is 7.23. The van der Waals surface area contributed by atoms with Gasteiger partial charge in [-0.15, -0.1) is 0 Å². The SMILES string of the molecule is CCNC(=NCCN1CCN(C(=O)C2CCC2)CC1)NC1CC(C)(C)Oc2ccccc21. The van der Waals surface area contributed by atoms with Gasteiger partial charge in [0.25, 0.3) is 0 Å². The number of para-hydroxylation sites is 1. The molecular formula is C25H39N5O2. The number of piperazine rings is 1. The van der Waals surface area contributed by atoms with E-state index in [2.05, 4.69) is 53.3 Å². The van der Waals surface area contributed by atoms with E-state index in [0.717, 1.165) is 76.8 Å². The molecule has 0 radical (unpaired) electrons. The van der Waals surface area contributed by atoms with Crippen molar-refractivity contribution < 1.29 is 9.53 Å². The molecule has 1 atom stereocenters. The van der Waals surface area contributed by atoms with Gasteiger partial charge in [-0.2, -0.15) is 0 Å². The van der Waals surface area contributed by atoms with Gasteiger partial charge in [0.05, 0.1) is 12.6 Å². The highest BCUT2D eigenvalue weighted by Gasteiger charge is 2.34. The molecule has 1 aromatic carbocycles. The van der Waals surface area contributed by atoms with Gasteiger partial charge in [-0.3, -0.25) is 14.7 Å². The predicted molar refractivity (Wildman–Crippen MR) is 128 cm³/mol. The molecule has 1 amide bonds. The van der Waals surface area contributed by atoms with Gasteiger partial charge in [0.1, 0.15) is 11.4 Å². The third-order valence-electron chi connectivity index (χ3n) is 6.86. The maximum Gasteiger partial charge on any atom is 0.225 e. The van der Waals surface area contributed by atoms with E-state index in [9.17, 15) is 4.79 Å². The van der Waals surface area contributed by atoms with E-state index in [1.54, 1.807) is 0 Å². The Bertz CT molecular complexity index is 812. The quantitative estimate of drug-likeness (QED) is 0.525. The molecule has 1 saturated heterocycles. The van der Waals surface area contributed by atoms with E-state index in [-0.39, 0.29) is 11.6 Å².